The van der Waals surface area contributed by atoms with E-state index in [4.69, 9.17) is 18.9 Å². The minimum absolute atomic E-state index is 0.312. The summed E-state index contributed by atoms with van der Waals surface area (Å²) in [5.74, 6) is 0. The SMILES string of the molecule is C=CCO[C@@]1(CC=C)C[C@@H](O)[C@@H](OCc2ccccc2)[C@H](OCc2ccccc2)[C@H]1OCc1ccccc1. The van der Waals surface area contributed by atoms with Crippen molar-refractivity contribution in [3.05, 3.63) is 133 Å². The maximum absolute atomic E-state index is 11.5. The van der Waals surface area contributed by atoms with E-state index in [1.165, 1.54) is 0 Å². The lowest BCUT2D eigenvalue weighted by Crippen LogP contribution is -2.65. The Balaban J connectivity index is 1.67. The Hall–Kier alpha value is -3.06. The Kier molecular flexibility index (Phi) is 10.4. The normalized spacial score (nSPS) is 25.1. The summed E-state index contributed by atoms with van der Waals surface area (Å²) in [6, 6.07) is 29.9. The fourth-order valence-corrected chi connectivity index (χ4v) is 5.07. The second kappa shape index (κ2) is 14.2. The van der Waals surface area contributed by atoms with Crippen molar-refractivity contribution < 1.29 is 24.1 Å². The van der Waals surface area contributed by atoms with Crippen LogP contribution in [0, 0.1) is 0 Å². The van der Waals surface area contributed by atoms with Crippen LogP contribution in [0.1, 0.15) is 29.5 Å². The summed E-state index contributed by atoms with van der Waals surface area (Å²) >= 11 is 0. The average Bonchev–Trinajstić information content (AvgIpc) is 2.96. The van der Waals surface area contributed by atoms with Gasteiger partial charge in [0.2, 0.25) is 0 Å². The van der Waals surface area contributed by atoms with Crippen LogP contribution >= 0.6 is 0 Å². The zero-order valence-corrected chi connectivity index (χ0v) is 21.9. The molecule has 3 aromatic rings. The van der Waals surface area contributed by atoms with Gasteiger partial charge >= 0.3 is 0 Å². The number of aliphatic hydroxyl groups is 1. The van der Waals surface area contributed by atoms with Crippen LogP contribution in [0.25, 0.3) is 0 Å². The highest BCUT2D eigenvalue weighted by Crippen LogP contribution is 2.41. The molecule has 0 heterocycles. The molecule has 1 aliphatic carbocycles. The Morgan fingerprint density at radius 2 is 1.16 bits per heavy atom. The van der Waals surface area contributed by atoms with Gasteiger partial charge in [0.1, 0.15) is 23.9 Å². The molecule has 1 saturated carbocycles. The molecule has 3 aromatic carbocycles. The molecule has 4 rings (SSSR count). The molecule has 0 unspecified atom stereocenters. The molecule has 0 saturated heterocycles. The van der Waals surface area contributed by atoms with Crippen LogP contribution in [0.15, 0.2) is 116 Å². The predicted molar refractivity (Wildman–Crippen MR) is 149 cm³/mol. The van der Waals surface area contributed by atoms with Gasteiger partial charge < -0.3 is 24.1 Å². The summed E-state index contributed by atoms with van der Waals surface area (Å²) in [5, 5.41) is 11.5. The number of rotatable bonds is 14. The second-order valence-electron chi connectivity index (χ2n) is 9.67. The third-order valence-electron chi connectivity index (χ3n) is 6.90. The number of aliphatic hydroxyl groups excluding tert-OH is 1. The molecule has 0 radical (unpaired) electrons. The molecule has 0 amide bonds. The van der Waals surface area contributed by atoms with Gasteiger partial charge in [-0.05, 0) is 23.1 Å². The summed E-state index contributed by atoms with van der Waals surface area (Å²) in [6.07, 6.45) is 1.73. The highest BCUT2D eigenvalue weighted by atomic mass is 16.6. The van der Waals surface area contributed by atoms with Gasteiger partial charge in [0, 0.05) is 6.42 Å². The van der Waals surface area contributed by atoms with Crippen LogP contribution in [0.4, 0.5) is 0 Å². The highest BCUT2D eigenvalue weighted by molar-refractivity contribution is 5.17. The van der Waals surface area contributed by atoms with Crippen molar-refractivity contribution in [1.29, 1.82) is 0 Å². The summed E-state index contributed by atoms with van der Waals surface area (Å²) < 4.78 is 26.0. The molecule has 0 bridgehead atoms. The summed E-state index contributed by atoms with van der Waals surface area (Å²) in [6.45, 7) is 9.20. The molecule has 5 atom stereocenters. The predicted octanol–water partition coefficient (Wildman–Crippen LogP) is 6.02. The van der Waals surface area contributed by atoms with Crippen LogP contribution in [0.2, 0.25) is 0 Å². The topological polar surface area (TPSA) is 57.2 Å². The van der Waals surface area contributed by atoms with E-state index < -0.39 is 30.0 Å². The summed E-state index contributed by atoms with van der Waals surface area (Å²) in [7, 11) is 0. The van der Waals surface area contributed by atoms with Crippen LogP contribution in [0.3, 0.4) is 0 Å². The first-order valence-electron chi connectivity index (χ1n) is 13.2. The van der Waals surface area contributed by atoms with E-state index in [0.717, 1.165) is 16.7 Å². The Morgan fingerprint density at radius 3 is 1.63 bits per heavy atom. The van der Waals surface area contributed by atoms with Crippen molar-refractivity contribution in [2.24, 2.45) is 0 Å². The quantitative estimate of drug-likeness (QED) is 0.267. The molecule has 1 fully saturated rings. The van der Waals surface area contributed by atoms with E-state index in [9.17, 15) is 5.11 Å². The molecule has 0 spiro atoms. The zero-order chi connectivity index (χ0) is 26.6. The number of ether oxygens (including phenoxy) is 4. The summed E-state index contributed by atoms with van der Waals surface area (Å²) in [5.41, 5.74) is 2.22. The van der Waals surface area contributed by atoms with Gasteiger partial charge in [-0.25, -0.2) is 0 Å². The second-order valence-corrected chi connectivity index (χ2v) is 9.67. The molecule has 0 aliphatic heterocycles. The third-order valence-corrected chi connectivity index (χ3v) is 6.90. The first-order valence-corrected chi connectivity index (χ1v) is 13.2. The van der Waals surface area contributed by atoms with E-state index in [2.05, 4.69) is 13.2 Å². The maximum atomic E-state index is 11.5. The molecule has 5 nitrogen and oxygen atoms in total. The number of hydrogen-bond acceptors (Lipinski definition) is 5. The van der Waals surface area contributed by atoms with E-state index in [0.29, 0.717) is 39.3 Å². The van der Waals surface area contributed by atoms with Crippen molar-refractivity contribution in [3.8, 4) is 0 Å². The smallest absolute Gasteiger partial charge is 0.116 e. The number of hydrogen-bond donors (Lipinski definition) is 1. The average molecular weight is 515 g/mol. The van der Waals surface area contributed by atoms with Gasteiger partial charge in [-0.1, -0.05) is 103 Å². The number of benzene rings is 3. The first-order chi connectivity index (χ1) is 18.6. The lowest BCUT2D eigenvalue weighted by atomic mass is 9.74. The molecule has 38 heavy (non-hydrogen) atoms. The molecule has 1 aliphatic rings. The summed E-state index contributed by atoms with van der Waals surface area (Å²) in [4.78, 5) is 0. The fourth-order valence-electron chi connectivity index (χ4n) is 5.07. The van der Waals surface area contributed by atoms with E-state index in [1.807, 2.05) is 97.1 Å². The molecule has 5 heteroatoms. The Bertz CT molecular complexity index is 1100. The van der Waals surface area contributed by atoms with Gasteiger partial charge in [-0.3, -0.25) is 0 Å². The van der Waals surface area contributed by atoms with Gasteiger partial charge in [-0.15, -0.1) is 13.2 Å². The largest absolute Gasteiger partial charge is 0.390 e. The molecule has 1 N–H and O–H groups in total. The van der Waals surface area contributed by atoms with E-state index in [1.54, 1.807) is 6.08 Å². The third kappa shape index (κ3) is 7.28. The van der Waals surface area contributed by atoms with Crippen molar-refractivity contribution in [2.45, 2.75) is 62.7 Å². The molecule has 200 valence electrons. The standard InChI is InChI=1S/C33H38O5/c1-3-20-33(38-21-4-2)22-29(34)30(35-23-26-14-8-5-9-15-26)31(36-24-27-16-10-6-11-17-27)32(33)37-25-28-18-12-7-13-19-28/h3-19,29-32,34H,1-2,20-25H2/t29-,30-,31+,32-,33+/m1/s1. The lowest BCUT2D eigenvalue weighted by Gasteiger charge is -2.51. The molecular weight excluding hydrogens is 476 g/mol. The Morgan fingerprint density at radius 1 is 0.684 bits per heavy atom. The van der Waals surface area contributed by atoms with Crippen molar-refractivity contribution >= 4 is 0 Å². The lowest BCUT2D eigenvalue weighted by molar-refractivity contribution is -0.271. The Labute approximate surface area is 226 Å². The molecular formula is C33H38O5. The maximum Gasteiger partial charge on any atom is 0.116 e. The van der Waals surface area contributed by atoms with Crippen molar-refractivity contribution in [1.82, 2.24) is 0 Å². The minimum Gasteiger partial charge on any atom is -0.390 e. The van der Waals surface area contributed by atoms with E-state index in [-0.39, 0.29) is 0 Å². The van der Waals surface area contributed by atoms with Crippen LogP contribution in [-0.2, 0) is 38.8 Å². The van der Waals surface area contributed by atoms with Crippen LogP contribution < -0.4 is 0 Å². The van der Waals surface area contributed by atoms with E-state index >= 15 is 0 Å². The minimum atomic E-state index is -0.863. The monoisotopic (exact) mass is 514 g/mol. The van der Waals surface area contributed by atoms with Crippen molar-refractivity contribution in [3.63, 3.8) is 0 Å². The van der Waals surface area contributed by atoms with Gasteiger partial charge in [0.25, 0.3) is 0 Å². The van der Waals surface area contributed by atoms with Gasteiger partial charge in [0.15, 0.2) is 0 Å². The van der Waals surface area contributed by atoms with Crippen molar-refractivity contribution in [2.75, 3.05) is 6.61 Å². The van der Waals surface area contributed by atoms with Gasteiger partial charge in [-0.2, -0.15) is 0 Å². The zero-order valence-electron chi connectivity index (χ0n) is 21.9. The first kappa shape index (κ1) is 28.0. The van der Waals surface area contributed by atoms with Crippen LogP contribution in [0.5, 0.6) is 0 Å². The fraction of sp³-hybridized carbons (Fsp3) is 0.333. The highest BCUT2D eigenvalue weighted by Gasteiger charge is 2.55. The van der Waals surface area contributed by atoms with Gasteiger partial charge in [0.05, 0.1) is 32.5 Å². The molecule has 0 aromatic heterocycles. The van der Waals surface area contributed by atoms with Crippen LogP contribution in [-0.4, -0.2) is 41.7 Å².